The molecular weight excluding hydrogens is 136 g/mol. The predicted octanol–water partition coefficient (Wildman–Crippen LogP) is 0.140. The molecule has 50 valence electrons. The number of nitrogens with two attached hydrogens (primary N) is 2. The van der Waals surface area contributed by atoms with Crippen LogP contribution in [0.3, 0.4) is 0 Å². The van der Waals surface area contributed by atoms with Crippen LogP contribution in [-0.2, 0) is 0 Å². The van der Waals surface area contributed by atoms with Crippen molar-refractivity contribution in [3.05, 3.63) is 5.01 Å². The van der Waals surface area contributed by atoms with E-state index in [1.165, 1.54) is 11.3 Å². The number of aromatic nitrogens is 2. The second kappa shape index (κ2) is 2.28. The van der Waals surface area contributed by atoms with Gasteiger partial charge in [-0.05, 0) is 6.92 Å². The third-order valence-corrected chi connectivity index (χ3v) is 1.80. The van der Waals surface area contributed by atoms with E-state index in [4.69, 9.17) is 11.5 Å². The number of rotatable bonds is 1. The normalized spacial score (nSPS) is 13.6. The largest absolute Gasteiger partial charge is 0.374 e. The molecule has 0 aliphatic carbocycles. The van der Waals surface area contributed by atoms with Gasteiger partial charge in [0.15, 0.2) is 0 Å². The molecule has 5 heteroatoms. The van der Waals surface area contributed by atoms with Crippen LogP contribution in [0.5, 0.6) is 0 Å². The summed E-state index contributed by atoms with van der Waals surface area (Å²) < 4.78 is 0. The Kier molecular flexibility index (Phi) is 1.63. The van der Waals surface area contributed by atoms with E-state index < -0.39 is 0 Å². The molecule has 1 heterocycles. The van der Waals surface area contributed by atoms with Gasteiger partial charge in [0.2, 0.25) is 5.13 Å². The second-order valence-electron chi connectivity index (χ2n) is 1.77. The van der Waals surface area contributed by atoms with Crippen molar-refractivity contribution in [3.63, 3.8) is 0 Å². The fraction of sp³-hybridized carbons (Fsp3) is 0.500. The van der Waals surface area contributed by atoms with Crippen LogP contribution in [0.4, 0.5) is 5.13 Å². The van der Waals surface area contributed by atoms with Crippen LogP contribution in [0.15, 0.2) is 0 Å². The lowest BCUT2D eigenvalue weighted by atomic mass is 10.4. The summed E-state index contributed by atoms with van der Waals surface area (Å²) in [7, 11) is 0. The van der Waals surface area contributed by atoms with Gasteiger partial charge >= 0.3 is 0 Å². The minimum atomic E-state index is -0.0557. The standard InChI is InChI=1S/C4H8N4S/c1-2(5)3-7-8-4(6)9-3/h2H,5H2,1H3,(H2,6,8). The Morgan fingerprint density at radius 2 is 2.22 bits per heavy atom. The average Bonchev–Trinajstić information content (AvgIpc) is 2.14. The molecule has 0 aromatic carbocycles. The third-order valence-electron chi connectivity index (χ3n) is 0.846. The lowest BCUT2D eigenvalue weighted by Crippen LogP contribution is -2.03. The van der Waals surface area contributed by atoms with Gasteiger partial charge in [-0.1, -0.05) is 11.3 Å². The molecule has 0 amide bonds. The van der Waals surface area contributed by atoms with Crippen LogP contribution in [0.25, 0.3) is 0 Å². The van der Waals surface area contributed by atoms with E-state index in [0.717, 1.165) is 5.01 Å². The monoisotopic (exact) mass is 144 g/mol. The molecule has 4 N–H and O–H groups in total. The van der Waals surface area contributed by atoms with Crippen molar-refractivity contribution in [2.45, 2.75) is 13.0 Å². The van der Waals surface area contributed by atoms with Crippen LogP contribution in [0, 0.1) is 0 Å². The van der Waals surface area contributed by atoms with Crippen molar-refractivity contribution in [1.29, 1.82) is 0 Å². The van der Waals surface area contributed by atoms with Crippen molar-refractivity contribution >= 4 is 16.5 Å². The molecule has 1 aromatic rings. The van der Waals surface area contributed by atoms with Crippen LogP contribution < -0.4 is 11.5 Å². The molecule has 1 aromatic heterocycles. The van der Waals surface area contributed by atoms with Gasteiger partial charge in [0.05, 0.1) is 6.04 Å². The second-order valence-corrected chi connectivity index (χ2v) is 2.81. The first-order valence-electron chi connectivity index (χ1n) is 2.54. The highest BCUT2D eigenvalue weighted by molar-refractivity contribution is 7.15. The fourth-order valence-corrected chi connectivity index (χ4v) is 0.994. The lowest BCUT2D eigenvalue weighted by molar-refractivity contribution is 0.786. The lowest BCUT2D eigenvalue weighted by Gasteiger charge is -1.93. The SMILES string of the molecule is CC(N)c1nnc(N)s1. The molecule has 4 nitrogen and oxygen atoms in total. The highest BCUT2D eigenvalue weighted by Crippen LogP contribution is 2.15. The quantitative estimate of drug-likeness (QED) is 0.587. The van der Waals surface area contributed by atoms with E-state index in [-0.39, 0.29) is 6.04 Å². The third kappa shape index (κ3) is 1.36. The van der Waals surface area contributed by atoms with E-state index in [2.05, 4.69) is 10.2 Å². The van der Waals surface area contributed by atoms with E-state index >= 15 is 0 Å². The summed E-state index contributed by atoms with van der Waals surface area (Å²) in [4.78, 5) is 0. The molecule has 0 saturated carbocycles. The Hall–Kier alpha value is -0.680. The fourth-order valence-electron chi connectivity index (χ4n) is 0.431. The van der Waals surface area contributed by atoms with Gasteiger partial charge in [0, 0.05) is 0 Å². The molecule has 0 saturated heterocycles. The summed E-state index contributed by atoms with van der Waals surface area (Å²) >= 11 is 1.33. The van der Waals surface area contributed by atoms with Gasteiger partial charge in [-0.3, -0.25) is 0 Å². The molecule has 1 atom stereocenters. The van der Waals surface area contributed by atoms with Crippen molar-refractivity contribution < 1.29 is 0 Å². The number of nitrogen functional groups attached to an aromatic ring is 1. The van der Waals surface area contributed by atoms with Gasteiger partial charge in [-0.2, -0.15) is 0 Å². The molecule has 0 aliphatic heterocycles. The van der Waals surface area contributed by atoms with E-state index in [9.17, 15) is 0 Å². The van der Waals surface area contributed by atoms with Crippen molar-refractivity contribution in [2.24, 2.45) is 5.73 Å². The van der Waals surface area contributed by atoms with Crippen molar-refractivity contribution in [3.8, 4) is 0 Å². The Morgan fingerprint density at radius 3 is 2.44 bits per heavy atom. The van der Waals surface area contributed by atoms with Gasteiger partial charge in [-0.25, -0.2) is 0 Å². The van der Waals surface area contributed by atoms with Crippen LogP contribution >= 0.6 is 11.3 Å². The first kappa shape index (κ1) is 6.44. The van der Waals surface area contributed by atoms with Crippen LogP contribution in [0.1, 0.15) is 18.0 Å². The number of hydrogen-bond donors (Lipinski definition) is 2. The predicted molar refractivity (Wildman–Crippen MR) is 36.9 cm³/mol. The maximum Gasteiger partial charge on any atom is 0.203 e. The highest BCUT2D eigenvalue weighted by Gasteiger charge is 2.03. The first-order chi connectivity index (χ1) is 4.20. The summed E-state index contributed by atoms with van der Waals surface area (Å²) in [5, 5.41) is 8.60. The minimum absolute atomic E-state index is 0.0557. The number of anilines is 1. The van der Waals surface area contributed by atoms with Gasteiger partial charge in [0.1, 0.15) is 5.01 Å². The maximum atomic E-state index is 5.48. The van der Waals surface area contributed by atoms with Gasteiger partial charge in [-0.15, -0.1) is 10.2 Å². The molecule has 9 heavy (non-hydrogen) atoms. The topological polar surface area (TPSA) is 77.8 Å². The molecule has 0 aliphatic rings. The van der Waals surface area contributed by atoms with E-state index in [1.807, 2.05) is 6.92 Å². The molecule has 0 spiro atoms. The average molecular weight is 144 g/mol. The summed E-state index contributed by atoms with van der Waals surface area (Å²) in [6.45, 7) is 1.85. The Labute approximate surface area is 56.9 Å². The maximum absolute atomic E-state index is 5.48. The molecule has 0 fully saturated rings. The number of hydrogen-bond acceptors (Lipinski definition) is 5. The Bertz CT molecular complexity index is 194. The summed E-state index contributed by atoms with van der Waals surface area (Å²) in [6.07, 6.45) is 0. The van der Waals surface area contributed by atoms with Crippen LogP contribution in [0.2, 0.25) is 0 Å². The highest BCUT2D eigenvalue weighted by atomic mass is 32.1. The smallest absolute Gasteiger partial charge is 0.203 e. The van der Waals surface area contributed by atoms with Crippen LogP contribution in [-0.4, -0.2) is 10.2 Å². The zero-order valence-corrected chi connectivity index (χ0v) is 5.85. The molecule has 0 radical (unpaired) electrons. The zero-order valence-electron chi connectivity index (χ0n) is 5.03. The minimum Gasteiger partial charge on any atom is -0.374 e. The summed E-state index contributed by atoms with van der Waals surface area (Å²) in [5.41, 5.74) is 10.8. The molecule has 0 bridgehead atoms. The molecular formula is C4H8N4S. The first-order valence-corrected chi connectivity index (χ1v) is 3.36. The van der Waals surface area contributed by atoms with Gasteiger partial charge in [0.25, 0.3) is 0 Å². The summed E-state index contributed by atoms with van der Waals surface area (Å²) in [6, 6.07) is -0.0557. The molecule has 1 rings (SSSR count). The van der Waals surface area contributed by atoms with Gasteiger partial charge < -0.3 is 11.5 Å². The van der Waals surface area contributed by atoms with Crippen molar-refractivity contribution in [1.82, 2.24) is 10.2 Å². The Balaban J connectivity index is 2.85. The number of nitrogens with zero attached hydrogens (tertiary/aromatic N) is 2. The van der Waals surface area contributed by atoms with E-state index in [1.54, 1.807) is 0 Å². The van der Waals surface area contributed by atoms with E-state index in [0.29, 0.717) is 5.13 Å². The zero-order chi connectivity index (χ0) is 6.85. The molecule has 1 unspecified atom stereocenters. The summed E-state index contributed by atoms with van der Waals surface area (Å²) in [5.74, 6) is 0. The van der Waals surface area contributed by atoms with Crippen molar-refractivity contribution in [2.75, 3.05) is 5.73 Å². The Morgan fingerprint density at radius 1 is 1.56 bits per heavy atom.